The zero-order valence-corrected chi connectivity index (χ0v) is 12.5. The number of carboxylic acid groups (broad SMARTS) is 1. The highest BCUT2D eigenvalue weighted by atomic mass is 16.4. The van der Waals surface area contributed by atoms with E-state index in [9.17, 15) is 9.59 Å². The molecule has 1 rings (SSSR count). The normalized spacial score (nSPS) is 16.2. The molecule has 1 aliphatic rings. The van der Waals surface area contributed by atoms with Crippen LogP contribution in [-0.2, 0) is 4.79 Å². The lowest BCUT2D eigenvalue weighted by Crippen LogP contribution is -2.45. The monoisotopic (exact) mass is 282 g/mol. The fourth-order valence-electron chi connectivity index (χ4n) is 2.58. The molecule has 2 N–H and O–H groups in total. The van der Waals surface area contributed by atoms with Crippen molar-refractivity contribution in [3.63, 3.8) is 0 Å². The number of rotatable bonds is 7. The third-order valence-corrected chi connectivity index (χ3v) is 3.71. The molecule has 0 heterocycles. The fourth-order valence-corrected chi connectivity index (χ4v) is 2.58. The van der Waals surface area contributed by atoms with Gasteiger partial charge in [-0.2, -0.15) is 0 Å². The van der Waals surface area contributed by atoms with E-state index < -0.39 is 5.97 Å². The molecular weight excluding hydrogens is 256 g/mol. The van der Waals surface area contributed by atoms with Crippen molar-refractivity contribution in [1.29, 1.82) is 0 Å². The van der Waals surface area contributed by atoms with Gasteiger partial charge in [-0.05, 0) is 46.0 Å². The molecule has 5 heteroatoms. The summed E-state index contributed by atoms with van der Waals surface area (Å²) in [4.78, 5) is 24.3. The Kier molecular flexibility index (Phi) is 7.12. The lowest BCUT2D eigenvalue weighted by molar-refractivity contribution is -0.138. The molecule has 5 nitrogen and oxygen atoms in total. The minimum absolute atomic E-state index is 0.0214. The van der Waals surface area contributed by atoms with Crippen LogP contribution in [0.25, 0.3) is 0 Å². The number of carboxylic acids is 1. The van der Waals surface area contributed by atoms with Crippen LogP contribution in [0, 0.1) is 0 Å². The number of urea groups is 1. The summed E-state index contributed by atoms with van der Waals surface area (Å²) in [5.41, 5.74) is 1.43. The van der Waals surface area contributed by atoms with Crippen LogP contribution in [0.4, 0.5) is 4.79 Å². The van der Waals surface area contributed by atoms with Gasteiger partial charge in [0.15, 0.2) is 0 Å². The van der Waals surface area contributed by atoms with E-state index in [1.54, 1.807) is 11.8 Å². The Morgan fingerprint density at radius 3 is 2.75 bits per heavy atom. The van der Waals surface area contributed by atoms with Gasteiger partial charge < -0.3 is 15.3 Å². The second kappa shape index (κ2) is 8.61. The number of hydrogen-bond acceptors (Lipinski definition) is 2. The van der Waals surface area contributed by atoms with Crippen molar-refractivity contribution in [3.8, 4) is 0 Å². The summed E-state index contributed by atoms with van der Waals surface area (Å²) >= 11 is 0. The molecule has 1 atom stereocenters. The summed E-state index contributed by atoms with van der Waals surface area (Å²) < 4.78 is 0. The van der Waals surface area contributed by atoms with Crippen LogP contribution in [0.15, 0.2) is 11.6 Å². The Labute approximate surface area is 121 Å². The summed E-state index contributed by atoms with van der Waals surface area (Å²) in [5, 5.41) is 11.7. The highest BCUT2D eigenvalue weighted by molar-refractivity contribution is 5.75. The zero-order valence-electron chi connectivity index (χ0n) is 12.5. The molecule has 0 bridgehead atoms. The van der Waals surface area contributed by atoms with Crippen molar-refractivity contribution >= 4 is 12.0 Å². The van der Waals surface area contributed by atoms with E-state index in [2.05, 4.69) is 11.4 Å². The van der Waals surface area contributed by atoms with Crippen LogP contribution in [0.2, 0.25) is 0 Å². The Bertz CT molecular complexity index is 366. The van der Waals surface area contributed by atoms with Crippen LogP contribution >= 0.6 is 0 Å². The summed E-state index contributed by atoms with van der Waals surface area (Å²) in [5.74, 6) is -0.879. The van der Waals surface area contributed by atoms with Crippen molar-refractivity contribution in [2.75, 3.05) is 13.1 Å². The summed E-state index contributed by atoms with van der Waals surface area (Å²) in [6.07, 6.45) is 7.97. The highest BCUT2D eigenvalue weighted by Crippen LogP contribution is 2.19. The molecule has 0 fully saturated rings. The molecule has 0 spiro atoms. The standard InChI is InChI=1S/C15H26N2O3/c1-3-17(12(2)11-14(18)19)15(20)16-10-9-13-7-5-4-6-8-13/h7,12H,3-6,8-11H2,1-2H3,(H,16,20)(H,18,19). The van der Waals surface area contributed by atoms with Crippen LogP contribution < -0.4 is 5.32 Å². The van der Waals surface area contributed by atoms with E-state index in [-0.39, 0.29) is 18.5 Å². The van der Waals surface area contributed by atoms with Crippen LogP contribution in [0.1, 0.15) is 52.4 Å². The van der Waals surface area contributed by atoms with Gasteiger partial charge in [-0.15, -0.1) is 0 Å². The van der Waals surface area contributed by atoms with Gasteiger partial charge >= 0.3 is 12.0 Å². The molecule has 1 aliphatic carbocycles. The third kappa shape index (κ3) is 5.63. The van der Waals surface area contributed by atoms with E-state index in [4.69, 9.17) is 5.11 Å². The lowest BCUT2D eigenvalue weighted by Gasteiger charge is -2.27. The van der Waals surface area contributed by atoms with Gasteiger partial charge in [0.1, 0.15) is 0 Å². The highest BCUT2D eigenvalue weighted by Gasteiger charge is 2.20. The molecule has 0 aromatic carbocycles. The van der Waals surface area contributed by atoms with Crippen LogP contribution in [0.3, 0.4) is 0 Å². The van der Waals surface area contributed by atoms with Crippen molar-refractivity contribution in [2.24, 2.45) is 0 Å². The molecule has 0 radical (unpaired) electrons. The number of nitrogens with zero attached hydrogens (tertiary/aromatic N) is 1. The number of allylic oxidation sites excluding steroid dienone is 1. The Balaban J connectivity index is 2.35. The number of aliphatic carboxylic acids is 1. The van der Waals surface area contributed by atoms with Gasteiger partial charge in [0.05, 0.1) is 6.42 Å². The first-order valence-electron chi connectivity index (χ1n) is 7.48. The van der Waals surface area contributed by atoms with Gasteiger partial charge in [0.25, 0.3) is 0 Å². The van der Waals surface area contributed by atoms with Gasteiger partial charge in [-0.3, -0.25) is 4.79 Å². The SMILES string of the molecule is CCN(C(=O)NCCC1=CCCCC1)C(C)CC(=O)O. The Hall–Kier alpha value is -1.52. The molecule has 0 saturated heterocycles. The van der Waals surface area contributed by atoms with Gasteiger partial charge in [-0.25, -0.2) is 4.79 Å². The number of nitrogens with one attached hydrogen (secondary N) is 1. The summed E-state index contributed by atoms with van der Waals surface area (Å²) in [6.45, 7) is 4.77. The maximum atomic E-state index is 12.0. The maximum absolute atomic E-state index is 12.0. The van der Waals surface area contributed by atoms with E-state index >= 15 is 0 Å². The predicted molar refractivity (Wildman–Crippen MR) is 78.7 cm³/mol. The second-order valence-electron chi connectivity index (χ2n) is 5.32. The van der Waals surface area contributed by atoms with Crippen LogP contribution in [0.5, 0.6) is 0 Å². The minimum atomic E-state index is -0.879. The van der Waals surface area contributed by atoms with Crippen molar-refractivity contribution in [3.05, 3.63) is 11.6 Å². The molecule has 1 unspecified atom stereocenters. The third-order valence-electron chi connectivity index (χ3n) is 3.71. The van der Waals surface area contributed by atoms with E-state index in [1.165, 1.54) is 18.4 Å². The maximum Gasteiger partial charge on any atom is 0.317 e. The minimum Gasteiger partial charge on any atom is -0.481 e. The summed E-state index contributed by atoms with van der Waals surface area (Å²) in [6, 6.07) is -0.455. The van der Waals surface area contributed by atoms with Crippen molar-refractivity contribution in [1.82, 2.24) is 10.2 Å². The first-order chi connectivity index (χ1) is 9.54. The number of hydrogen-bond donors (Lipinski definition) is 2. The predicted octanol–water partition coefficient (Wildman–Crippen LogP) is 2.77. The molecule has 0 aromatic rings. The van der Waals surface area contributed by atoms with Gasteiger partial charge in [-0.1, -0.05) is 11.6 Å². The molecule has 0 aliphatic heterocycles. The first kappa shape index (κ1) is 16.5. The molecule has 20 heavy (non-hydrogen) atoms. The number of carbonyl (C=O) groups is 2. The Morgan fingerprint density at radius 2 is 2.20 bits per heavy atom. The quantitative estimate of drug-likeness (QED) is 0.705. The van der Waals surface area contributed by atoms with E-state index in [0.29, 0.717) is 13.1 Å². The van der Waals surface area contributed by atoms with Crippen molar-refractivity contribution < 1.29 is 14.7 Å². The van der Waals surface area contributed by atoms with Gasteiger partial charge in [0, 0.05) is 19.1 Å². The van der Waals surface area contributed by atoms with E-state index in [1.807, 2.05) is 6.92 Å². The number of amides is 2. The van der Waals surface area contributed by atoms with E-state index in [0.717, 1.165) is 19.3 Å². The van der Waals surface area contributed by atoms with Crippen molar-refractivity contribution in [2.45, 2.75) is 58.4 Å². The first-order valence-corrected chi connectivity index (χ1v) is 7.48. The topological polar surface area (TPSA) is 69.6 Å². The lowest BCUT2D eigenvalue weighted by atomic mass is 9.97. The molecule has 2 amide bonds. The molecule has 0 saturated carbocycles. The average molecular weight is 282 g/mol. The second-order valence-corrected chi connectivity index (χ2v) is 5.32. The molecule has 0 aromatic heterocycles. The van der Waals surface area contributed by atoms with Gasteiger partial charge in [0.2, 0.25) is 0 Å². The molecule has 114 valence electrons. The average Bonchev–Trinajstić information content (AvgIpc) is 2.40. The summed E-state index contributed by atoms with van der Waals surface area (Å²) in [7, 11) is 0. The fraction of sp³-hybridized carbons (Fsp3) is 0.733. The zero-order chi connectivity index (χ0) is 15.0. The number of carbonyl (C=O) groups excluding carboxylic acids is 1. The Morgan fingerprint density at radius 1 is 1.45 bits per heavy atom. The van der Waals surface area contributed by atoms with Crippen LogP contribution in [-0.4, -0.2) is 41.1 Å². The smallest absolute Gasteiger partial charge is 0.317 e. The largest absolute Gasteiger partial charge is 0.481 e. The molecular formula is C15H26N2O3.